The van der Waals surface area contributed by atoms with Crippen molar-refractivity contribution >= 4 is 6.21 Å². The summed E-state index contributed by atoms with van der Waals surface area (Å²) in [5, 5.41) is 0. The van der Waals surface area contributed by atoms with Crippen LogP contribution in [0.15, 0.2) is 28.4 Å². The van der Waals surface area contributed by atoms with Crippen molar-refractivity contribution in [2.75, 3.05) is 0 Å². The third kappa shape index (κ3) is 5.66. The van der Waals surface area contributed by atoms with E-state index in [1.807, 2.05) is 13.1 Å². The summed E-state index contributed by atoms with van der Waals surface area (Å²) in [6, 6.07) is 0. The van der Waals surface area contributed by atoms with Gasteiger partial charge in [0.05, 0.1) is 0 Å². The minimum absolute atomic E-state index is 0.596. The van der Waals surface area contributed by atoms with E-state index in [4.69, 9.17) is 4.99 Å². The molecule has 0 amide bonds. The molecule has 1 atom stereocenters. The minimum Gasteiger partial charge on any atom is -0.261 e. The Bertz CT molecular complexity index is 323. The number of nitrogens with zero attached hydrogens (tertiary/aromatic N) is 1. The normalized spacial score (nSPS) is 28.1. The summed E-state index contributed by atoms with van der Waals surface area (Å²) in [4.78, 5) is 4.70. The highest BCUT2D eigenvalue weighted by Gasteiger charge is 2.12. The molecule has 0 radical (unpaired) electrons. The molecule has 0 spiro atoms. The lowest BCUT2D eigenvalue weighted by Crippen LogP contribution is -2.01. The van der Waals surface area contributed by atoms with Crippen LogP contribution < -0.4 is 0 Å². The maximum atomic E-state index is 4.70. The van der Waals surface area contributed by atoms with Crippen molar-refractivity contribution in [2.45, 2.75) is 72.1 Å². The monoisotopic (exact) mass is 247 g/mol. The van der Waals surface area contributed by atoms with E-state index < -0.39 is 0 Å². The summed E-state index contributed by atoms with van der Waals surface area (Å²) in [5.41, 5.74) is 3.85. The van der Waals surface area contributed by atoms with Crippen LogP contribution in [0, 0.1) is 5.92 Å². The molecule has 1 unspecified atom stereocenters. The Balaban J connectivity index is 2.81. The van der Waals surface area contributed by atoms with Gasteiger partial charge in [0, 0.05) is 11.9 Å². The molecule has 0 saturated heterocycles. The summed E-state index contributed by atoms with van der Waals surface area (Å²) in [7, 11) is 0. The van der Waals surface area contributed by atoms with Crippen LogP contribution in [0.4, 0.5) is 0 Å². The topological polar surface area (TPSA) is 12.4 Å². The summed E-state index contributed by atoms with van der Waals surface area (Å²) in [6.45, 7) is 10.5. The van der Waals surface area contributed by atoms with E-state index in [0.717, 1.165) is 5.57 Å². The molecule has 1 aliphatic carbocycles. The second-order valence-corrected chi connectivity index (χ2v) is 5.83. The summed E-state index contributed by atoms with van der Waals surface area (Å²) < 4.78 is 0. The van der Waals surface area contributed by atoms with Crippen molar-refractivity contribution in [1.82, 2.24) is 0 Å². The van der Waals surface area contributed by atoms with E-state index in [-0.39, 0.29) is 0 Å². The fourth-order valence-corrected chi connectivity index (χ4v) is 2.65. The lowest BCUT2D eigenvalue weighted by molar-refractivity contribution is 0.531. The molecule has 0 aliphatic heterocycles. The van der Waals surface area contributed by atoms with Crippen LogP contribution in [0.1, 0.15) is 72.1 Å². The quantitative estimate of drug-likeness (QED) is 0.557. The molecule has 1 aliphatic rings. The number of aliphatic imine (C=N–C) groups is 1. The predicted molar refractivity (Wildman–Crippen MR) is 82.1 cm³/mol. The van der Waals surface area contributed by atoms with Gasteiger partial charge in [-0.15, -0.1) is 0 Å². The standard InChI is InChI=1S/C17H29N/c1-14(2)13-18-17-15(3)11-9-7-5-6-8-10-12-16(17)4/h13,15H,1,5-12H2,2-4H3/b17-16+,18-13-. The van der Waals surface area contributed by atoms with Crippen LogP contribution in [-0.2, 0) is 0 Å². The molecule has 18 heavy (non-hydrogen) atoms. The van der Waals surface area contributed by atoms with Gasteiger partial charge in [0.25, 0.3) is 0 Å². The Morgan fingerprint density at radius 2 is 1.78 bits per heavy atom. The van der Waals surface area contributed by atoms with Gasteiger partial charge in [-0.1, -0.05) is 51.2 Å². The van der Waals surface area contributed by atoms with Crippen LogP contribution in [0.3, 0.4) is 0 Å². The third-order valence-corrected chi connectivity index (χ3v) is 3.77. The van der Waals surface area contributed by atoms with Gasteiger partial charge in [-0.25, -0.2) is 0 Å². The van der Waals surface area contributed by atoms with Crippen molar-refractivity contribution in [1.29, 1.82) is 0 Å². The Morgan fingerprint density at radius 1 is 1.17 bits per heavy atom. The second kappa shape index (κ2) is 8.29. The van der Waals surface area contributed by atoms with E-state index in [0.29, 0.717) is 5.92 Å². The molecule has 0 bridgehead atoms. The van der Waals surface area contributed by atoms with Gasteiger partial charge in [0.2, 0.25) is 0 Å². The van der Waals surface area contributed by atoms with Crippen molar-refractivity contribution in [3.05, 3.63) is 23.4 Å². The molecule has 0 heterocycles. The average Bonchev–Trinajstić information content (AvgIpc) is 2.34. The molecule has 102 valence electrons. The van der Waals surface area contributed by atoms with E-state index >= 15 is 0 Å². The van der Waals surface area contributed by atoms with Crippen molar-refractivity contribution in [3.63, 3.8) is 0 Å². The second-order valence-electron chi connectivity index (χ2n) is 5.83. The summed E-state index contributed by atoms with van der Waals surface area (Å²) >= 11 is 0. The molecular weight excluding hydrogens is 218 g/mol. The molecule has 0 fully saturated rings. The molecule has 1 rings (SSSR count). The third-order valence-electron chi connectivity index (χ3n) is 3.77. The van der Waals surface area contributed by atoms with E-state index in [9.17, 15) is 0 Å². The molecule has 1 nitrogen and oxygen atoms in total. The maximum absolute atomic E-state index is 4.70. The molecule has 0 aromatic rings. The Morgan fingerprint density at radius 3 is 2.44 bits per heavy atom. The van der Waals surface area contributed by atoms with Crippen LogP contribution in [-0.4, -0.2) is 6.21 Å². The lowest BCUT2D eigenvalue weighted by Gasteiger charge is -2.15. The first-order valence-electron chi connectivity index (χ1n) is 7.50. The number of allylic oxidation sites excluding steroid dienone is 3. The van der Waals surface area contributed by atoms with E-state index in [2.05, 4.69) is 20.4 Å². The Kier molecular flexibility index (Phi) is 7.00. The van der Waals surface area contributed by atoms with Crippen LogP contribution in [0.5, 0.6) is 0 Å². The highest BCUT2D eigenvalue weighted by Crippen LogP contribution is 2.27. The van der Waals surface area contributed by atoms with E-state index in [1.165, 1.54) is 62.6 Å². The summed E-state index contributed by atoms with van der Waals surface area (Å²) in [6.07, 6.45) is 12.7. The van der Waals surface area contributed by atoms with Gasteiger partial charge < -0.3 is 0 Å². The molecule has 0 N–H and O–H groups in total. The highest BCUT2D eigenvalue weighted by molar-refractivity contribution is 5.77. The minimum atomic E-state index is 0.596. The number of hydrogen-bond donors (Lipinski definition) is 0. The largest absolute Gasteiger partial charge is 0.261 e. The fourth-order valence-electron chi connectivity index (χ4n) is 2.65. The lowest BCUT2D eigenvalue weighted by atomic mass is 9.96. The Labute approximate surface area is 113 Å². The molecule has 0 saturated carbocycles. The first-order chi connectivity index (χ1) is 8.61. The molecule has 1 heteroatoms. The average molecular weight is 247 g/mol. The maximum Gasteiger partial charge on any atom is 0.0421 e. The zero-order valence-corrected chi connectivity index (χ0v) is 12.5. The molecule has 0 aromatic carbocycles. The van der Waals surface area contributed by atoms with Crippen LogP contribution in [0.2, 0.25) is 0 Å². The van der Waals surface area contributed by atoms with Gasteiger partial charge in [-0.3, -0.25) is 4.99 Å². The first kappa shape index (κ1) is 15.2. The molecule has 0 aromatic heterocycles. The number of rotatable bonds is 2. The van der Waals surface area contributed by atoms with Crippen molar-refractivity contribution < 1.29 is 0 Å². The number of hydrogen-bond acceptors (Lipinski definition) is 1. The van der Waals surface area contributed by atoms with Gasteiger partial charge >= 0.3 is 0 Å². The first-order valence-corrected chi connectivity index (χ1v) is 7.50. The Hall–Kier alpha value is -0.850. The highest BCUT2D eigenvalue weighted by atomic mass is 14.7. The predicted octanol–water partition coefficient (Wildman–Crippen LogP) is 5.68. The van der Waals surface area contributed by atoms with Gasteiger partial charge in [0.1, 0.15) is 0 Å². The van der Waals surface area contributed by atoms with Crippen molar-refractivity contribution in [2.24, 2.45) is 10.9 Å². The van der Waals surface area contributed by atoms with Gasteiger partial charge in [-0.2, -0.15) is 0 Å². The zero-order valence-electron chi connectivity index (χ0n) is 12.5. The molecular formula is C17H29N. The van der Waals surface area contributed by atoms with E-state index in [1.54, 1.807) is 0 Å². The van der Waals surface area contributed by atoms with Crippen LogP contribution >= 0.6 is 0 Å². The SMILES string of the molecule is C=C(C)/C=N\C1=C(/C)CCCCCCCCC1C. The van der Waals surface area contributed by atoms with Gasteiger partial charge in [0.15, 0.2) is 0 Å². The van der Waals surface area contributed by atoms with Crippen LogP contribution in [0.25, 0.3) is 0 Å². The zero-order chi connectivity index (χ0) is 13.4. The smallest absolute Gasteiger partial charge is 0.0421 e. The van der Waals surface area contributed by atoms with Gasteiger partial charge in [-0.05, 0) is 44.6 Å². The summed E-state index contributed by atoms with van der Waals surface area (Å²) in [5.74, 6) is 0.596. The van der Waals surface area contributed by atoms with Crippen molar-refractivity contribution in [3.8, 4) is 0 Å². The fraction of sp³-hybridized carbons (Fsp3) is 0.706.